The van der Waals surface area contributed by atoms with E-state index in [-0.39, 0.29) is 18.0 Å². The number of carbonyl (C=O) groups is 1. The van der Waals surface area contributed by atoms with E-state index in [1.165, 1.54) is 0 Å². The topological polar surface area (TPSA) is 88.9 Å². The molecule has 0 amide bonds. The standard InChI is InChI=1S/C12H11N3O3/c1-8-4-2-3-5-9(8)10(16)6-11-13-7-12(14-11)15(17)18/h2-5,7H,6H2,1H3,(H,13,14). The van der Waals surface area contributed by atoms with Crippen molar-refractivity contribution in [1.82, 2.24) is 9.97 Å². The molecule has 0 unspecified atom stereocenters. The van der Waals surface area contributed by atoms with Crippen molar-refractivity contribution in [3.05, 3.63) is 57.5 Å². The summed E-state index contributed by atoms with van der Waals surface area (Å²) in [5.74, 6) is -0.0186. The van der Waals surface area contributed by atoms with Gasteiger partial charge in [0.05, 0.1) is 6.42 Å². The fourth-order valence-corrected chi connectivity index (χ4v) is 1.67. The van der Waals surface area contributed by atoms with E-state index >= 15 is 0 Å². The molecule has 18 heavy (non-hydrogen) atoms. The highest BCUT2D eigenvalue weighted by molar-refractivity contribution is 5.98. The number of aromatic nitrogens is 2. The highest BCUT2D eigenvalue weighted by Gasteiger charge is 2.15. The number of benzene rings is 1. The molecule has 0 radical (unpaired) electrons. The zero-order valence-electron chi connectivity index (χ0n) is 9.71. The number of hydrogen-bond acceptors (Lipinski definition) is 4. The van der Waals surface area contributed by atoms with Crippen LogP contribution < -0.4 is 0 Å². The largest absolute Gasteiger partial charge is 0.358 e. The summed E-state index contributed by atoms with van der Waals surface area (Å²) >= 11 is 0. The molecular weight excluding hydrogens is 234 g/mol. The van der Waals surface area contributed by atoms with Crippen molar-refractivity contribution in [2.75, 3.05) is 0 Å². The van der Waals surface area contributed by atoms with Crippen LogP contribution in [0.15, 0.2) is 30.5 Å². The van der Waals surface area contributed by atoms with E-state index < -0.39 is 4.92 Å². The molecule has 0 saturated heterocycles. The Morgan fingerprint density at radius 3 is 2.78 bits per heavy atom. The Morgan fingerprint density at radius 2 is 2.17 bits per heavy atom. The monoisotopic (exact) mass is 245 g/mol. The fourth-order valence-electron chi connectivity index (χ4n) is 1.67. The summed E-state index contributed by atoms with van der Waals surface area (Å²) < 4.78 is 0. The second-order valence-electron chi connectivity index (χ2n) is 3.89. The van der Waals surface area contributed by atoms with Gasteiger partial charge >= 0.3 is 5.82 Å². The number of Topliss-reactive ketones (excluding diaryl/α,β-unsaturated/α-hetero) is 1. The molecule has 0 atom stereocenters. The van der Waals surface area contributed by atoms with E-state index in [0.29, 0.717) is 11.4 Å². The van der Waals surface area contributed by atoms with Gasteiger partial charge in [0.2, 0.25) is 5.82 Å². The highest BCUT2D eigenvalue weighted by atomic mass is 16.6. The average Bonchev–Trinajstić information content (AvgIpc) is 2.78. The van der Waals surface area contributed by atoms with Crippen molar-refractivity contribution in [1.29, 1.82) is 0 Å². The van der Waals surface area contributed by atoms with E-state index in [4.69, 9.17) is 0 Å². The Labute approximate surface area is 103 Å². The third-order valence-corrected chi connectivity index (χ3v) is 2.59. The molecule has 2 aromatic rings. The molecule has 1 aromatic carbocycles. The van der Waals surface area contributed by atoms with Crippen LogP contribution in [0.25, 0.3) is 0 Å². The van der Waals surface area contributed by atoms with E-state index in [2.05, 4.69) is 9.97 Å². The number of ketones is 1. The Bertz CT molecular complexity index is 604. The minimum Gasteiger partial charge on any atom is -0.358 e. The molecule has 0 aliphatic carbocycles. The predicted molar refractivity (Wildman–Crippen MR) is 64.5 cm³/mol. The summed E-state index contributed by atoms with van der Waals surface area (Å²) in [7, 11) is 0. The molecule has 0 bridgehead atoms. The lowest BCUT2D eigenvalue weighted by Gasteiger charge is -2.01. The van der Waals surface area contributed by atoms with Crippen molar-refractivity contribution in [2.45, 2.75) is 13.3 Å². The molecule has 1 heterocycles. The van der Waals surface area contributed by atoms with Gasteiger partial charge in [-0.3, -0.25) is 4.79 Å². The third-order valence-electron chi connectivity index (χ3n) is 2.59. The molecule has 6 heteroatoms. The summed E-state index contributed by atoms with van der Waals surface area (Å²) in [6, 6.07) is 7.21. The molecule has 0 aliphatic rings. The summed E-state index contributed by atoms with van der Waals surface area (Å²) in [4.78, 5) is 28.2. The first kappa shape index (κ1) is 12.0. The Kier molecular flexibility index (Phi) is 3.18. The first-order valence-electron chi connectivity index (χ1n) is 5.35. The van der Waals surface area contributed by atoms with Gasteiger partial charge in [-0.1, -0.05) is 24.3 Å². The molecule has 92 valence electrons. The van der Waals surface area contributed by atoms with Gasteiger partial charge in [-0.2, -0.15) is 0 Å². The zero-order chi connectivity index (χ0) is 13.1. The number of imidazole rings is 1. The Morgan fingerprint density at radius 1 is 1.44 bits per heavy atom. The molecule has 0 saturated carbocycles. The minimum absolute atomic E-state index is 0.0265. The van der Waals surface area contributed by atoms with Gasteiger partial charge in [-0.15, -0.1) is 0 Å². The van der Waals surface area contributed by atoms with Gasteiger partial charge in [0.15, 0.2) is 5.78 Å². The highest BCUT2D eigenvalue weighted by Crippen LogP contribution is 2.12. The van der Waals surface area contributed by atoms with Crippen molar-refractivity contribution in [3.63, 3.8) is 0 Å². The van der Waals surface area contributed by atoms with Gasteiger partial charge < -0.3 is 10.1 Å². The van der Waals surface area contributed by atoms with Crippen LogP contribution in [0.3, 0.4) is 0 Å². The molecule has 1 N–H and O–H groups in total. The lowest BCUT2D eigenvalue weighted by molar-refractivity contribution is -0.389. The van der Waals surface area contributed by atoms with Crippen LogP contribution in [-0.4, -0.2) is 20.7 Å². The van der Waals surface area contributed by atoms with Crippen molar-refractivity contribution in [3.8, 4) is 0 Å². The van der Waals surface area contributed by atoms with Crippen LogP contribution in [0.1, 0.15) is 21.7 Å². The number of carbonyl (C=O) groups excluding carboxylic acids is 1. The number of hydrogen-bond donors (Lipinski definition) is 1. The first-order chi connectivity index (χ1) is 8.58. The molecule has 2 rings (SSSR count). The van der Waals surface area contributed by atoms with Gasteiger partial charge in [-0.25, -0.2) is 9.97 Å². The van der Waals surface area contributed by atoms with E-state index in [9.17, 15) is 14.9 Å². The number of nitrogens with one attached hydrogen (secondary N) is 1. The van der Waals surface area contributed by atoms with Gasteiger partial charge in [0.25, 0.3) is 0 Å². The van der Waals surface area contributed by atoms with Gasteiger partial charge in [0, 0.05) is 5.56 Å². The summed E-state index contributed by atoms with van der Waals surface area (Å²) in [6.07, 6.45) is 1.14. The van der Waals surface area contributed by atoms with E-state index in [1.54, 1.807) is 12.1 Å². The predicted octanol–water partition coefficient (Wildman–Crippen LogP) is 2.05. The van der Waals surface area contributed by atoms with Crippen LogP contribution in [-0.2, 0) is 6.42 Å². The molecular formula is C12H11N3O3. The summed E-state index contributed by atoms with van der Waals surface area (Å²) in [5, 5.41) is 10.5. The first-order valence-corrected chi connectivity index (χ1v) is 5.35. The second kappa shape index (κ2) is 4.79. The van der Waals surface area contributed by atoms with E-state index in [1.807, 2.05) is 19.1 Å². The Hall–Kier alpha value is -2.50. The van der Waals surface area contributed by atoms with Crippen LogP contribution in [0.2, 0.25) is 0 Å². The smallest absolute Gasteiger partial charge is 0.340 e. The number of rotatable bonds is 4. The number of nitro groups is 1. The lowest BCUT2D eigenvalue weighted by Crippen LogP contribution is -2.06. The average molecular weight is 245 g/mol. The number of aromatic amines is 1. The minimum atomic E-state index is -0.575. The van der Waals surface area contributed by atoms with Crippen LogP contribution >= 0.6 is 0 Å². The number of nitrogens with zero attached hydrogens (tertiary/aromatic N) is 2. The second-order valence-corrected chi connectivity index (χ2v) is 3.89. The van der Waals surface area contributed by atoms with Crippen LogP contribution in [0.4, 0.5) is 5.82 Å². The molecule has 6 nitrogen and oxygen atoms in total. The van der Waals surface area contributed by atoms with Gasteiger partial charge in [0.1, 0.15) is 6.20 Å². The normalized spacial score (nSPS) is 10.3. The quantitative estimate of drug-likeness (QED) is 0.507. The zero-order valence-corrected chi connectivity index (χ0v) is 9.71. The Balaban J connectivity index is 2.16. The summed E-state index contributed by atoms with van der Waals surface area (Å²) in [6.45, 7) is 1.85. The summed E-state index contributed by atoms with van der Waals surface area (Å²) in [5.41, 5.74) is 1.49. The number of H-pyrrole nitrogens is 1. The van der Waals surface area contributed by atoms with Crippen molar-refractivity contribution in [2.24, 2.45) is 0 Å². The molecule has 1 aromatic heterocycles. The molecule has 0 fully saturated rings. The van der Waals surface area contributed by atoms with E-state index in [0.717, 1.165) is 11.8 Å². The molecule has 0 spiro atoms. The van der Waals surface area contributed by atoms with Crippen molar-refractivity contribution >= 4 is 11.6 Å². The maximum atomic E-state index is 12.0. The fraction of sp³-hybridized carbons (Fsp3) is 0.167. The maximum absolute atomic E-state index is 12.0. The SMILES string of the molecule is Cc1ccccc1C(=O)Cc1ncc([N+](=O)[O-])[nH]1. The van der Waals surface area contributed by atoms with Crippen LogP contribution in [0.5, 0.6) is 0 Å². The molecule has 0 aliphatic heterocycles. The van der Waals surface area contributed by atoms with Crippen LogP contribution in [0, 0.1) is 17.0 Å². The maximum Gasteiger partial charge on any atom is 0.340 e. The third kappa shape index (κ3) is 2.42. The van der Waals surface area contributed by atoms with Crippen molar-refractivity contribution < 1.29 is 9.72 Å². The lowest BCUT2D eigenvalue weighted by atomic mass is 10.0. The van der Waals surface area contributed by atoms with Gasteiger partial charge in [-0.05, 0) is 17.4 Å². The number of aryl methyl sites for hydroxylation is 1.